The van der Waals surface area contributed by atoms with Crippen molar-refractivity contribution in [2.24, 2.45) is 0 Å². The number of halogens is 1. The molecule has 0 amide bonds. The van der Waals surface area contributed by atoms with E-state index in [1.54, 1.807) is 62.4 Å². The summed E-state index contributed by atoms with van der Waals surface area (Å²) in [6, 6.07) is 13.4. The first-order valence-corrected chi connectivity index (χ1v) is 8.45. The maximum atomic E-state index is 12.4. The van der Waals surface area contributed by atoms with Gasteiger partial charge in [0, 0.05) is 29.2 Å². The van der Waals surface area contributed by atoms with Crippen LogP contribution in [0.3, 0.4) is 0 Å². The Bertz CT molecular complexity index is 733. The van der Waals surface area contributed by atoms with Crippen molar-refractivity contribution in [2.75, 3.05) is 6.61 Å². The lowest BCUT2D eigenvalue weighted by atomic mass is 9.99. The Hall–Kier alpha value is -2.17. The van der Waals surface area contributed by atoms with E-state index < -0.39 is 5.60 Å². The van der Waals surface area contributed by atoms with E-state index >= 15 is 0 Å². The lowest BCUT2D eigenvalue weighted by molar-refractivity contribution is -0.132. The minimum atomic E-state index is -0.989. The van der Waals surface area contributed by atoms with Crippen molar-refractivity contribution in [1.82, 2.24) is 0 Å². The molecule has 2 rings (SSSR count). The third kappa shape index (κ3) is 5.15. The fourth-order valence-electron chi connectivity index (χ4n) is 2.33. The fourth-order valence-corrected chi connectivity index (χ4v) is 2.46. The first-order valence-electron chi connectivity index (χ1n) is 8.07. The van der Waals surface area contributed by atoms with Crippen LogP contribution in [0.5, 0.6) is 5.75 Å². The molecule has 0 atom stereocenters. The Morgan fingerprint density at radius 2 is 1.52 bits per heavy atom. The second-order valence-electron chi connectivity index (χ2n) is 6.22. The normalized spacial score (nSPS) is 11.2. The number of benzene rings is 2. The van der Waals surface area contributed by atoms with Gasteiger partial charge in [-0.25, -0.2) is 0 Å². The second-order valence-corrected chi connectivity index (χ2v) is 6.66. The van der Waals surface area contributed by atoms with Gasteiger partial charge in [-0.15, -0.1) is 0 Å². The number of carbonyl (C=O) groups excluding carboxylic acids is 2. The van der Waals surface area contributed by atoms with Crippen LogP contribution in [-0.4, -0.2) is 28.9 Å². The monoisotopic (exact) mass is 360 g/mol. The predicted octanol–water partition coefficient (Wildman–Crippen LogP) is 4.07. The van der Waals surface area contributed by atoms with Crippen LogP contribution >= 0.6 is 11.6 Å². The quantitative estimate of drug-likeness (QED) is 0.721. The number of Topliss-reactive ketones (excluding diaryl/α,β-unsaturated/α-hetero) is 1. The van der Waals surface area contributed by atoms with Gasteiger partial charge in [-0.05, 0) is 68.8 Å². The largest absolute Gasteiger partial charge is 0.480 e. The van der Waals surface area contributed by atoms with Crippen LogP contribution in [-0.2, 0) is 4.79 Å². The van der Waals surface area contributed by atoms with Crippen molar-refractivity contribution < 1.29 is 19.4 Å². The molecule has 2 aromatic carbocycles. The van der Waals surface area contributed by atoms with Crippen molar-refractivity contribution in [2.45, 2.75) is 32.3 Å². The summed E-state index contributed by atoms with van der Waals surface area (Å²) in [6.45, 7) is 3.36. The summed E-state index contributed by atoms with van der Waals surface area (Å²) in [5.41, 5.74) is 0.0910. The van der Waals surface area contributed by atoms with E-state index in [0.29, 0.717) is 28.3 Å². The predicted molar refractivity (Wildman–Crippen MR) is 97.4 cm³/mol. The van der Waals surface area contributed by atoms with Crippen LogP contribution in [0.1, 0.15) is 42.6 Å². The molecular weight excluding hydrogens is 340 g/mol. The van der Waals surface area contributed by atoms with Gasteiger partial charge in [-0.2, -0.15) is 0 Å². The van der Waals surface area contributed by atoms with Crippen molar-refractivity contribution in [3.05, 3.63) is 64.7 Å². The fraction of sp³-hybridized carbons (Fsp3) is 0.300. The molecule has 4 nitrogen and oxygen atoms in total. The van der Waals surface area contributed by atoms with Crippen LogP contribution in [0.4, 0.5) is 0 Å². The van der Waals surface area contributed by atoms with E-state index in [-0.39, 0.29) is 24.6 Å². The summed E-state index contributed by atoms with van der Waals surface area (Å²) < 4.78 is 5.76. The molecule has 0 radical (unpaired) electrons. The van der Waals surface area contributed by atoms with Crippen molar-refractivity contribution in [3.8, 4) is 5.75 Å². The third-order valence-corrected chi connectivity index (χ3v) is 4.08. The molecule has 132 valence electrons. The van der Waals surface area contributed by atoms with Gasteiger partial charge in [0.1, 0.15) is 5.75 Å². The highest BCUT2D eigenvalue weighted by molar-refractivity contribution is 6.30. The van der Waals surface area contributed by atoms with Crippen LogP contribution in [0.2, 0.25) is 5.02 Å². The van der Waals surface area contributed by atoms with Gasteiger partial charge in [0.2, 0.25) is 0 Å². The summed E-state index contributed by atoms with van der Waals surface area (Å²) in [6.07, 6.45) is 0.677. The highest BCUT2D eigenvalue weighted by Gasteiger charge is 2.29. The molecule has 1 N–H and O–H groups in total. The van der Waals surface area contributed by atoms with E-state index in [0.717, 1.165) is 0 Å². The molecule has 0 spiro atoms. The summed E-state index contributed by atoms with van der Waals surface area (Å²) in [4.78, 5) is 24.5. The van der Waals surface area contributed by atoms with Gasteiger partial charge >= 0.3 is 0 Å². The lowest BCUT2D eigenvalue weighted by Gasteiger charge is -2.25. The highest BCUT2D eigenvalue weighted by Crippen LogP contribution is 2.22. The molecule has 0 fully saturated rings. The molecule has 0 aliphatic rings. The minimum Gasteiger partial charge on any atom is -0.480 e. The van der Waals surface area contributed by atoms with Crippen molar-refractivity contribution in [3.63, 3.8) is 0 Å². The van der Waals surface area contributed by atoms with Crippen molar-refractivity contribution in [1.29, 1.82) is 0 Å². The molecule has 0 aliphatic carbocycles. The van der Waals surface area contributed by atoms with Crippen LogP contribution in [0, 0.1) is 0 Å². The van der Waals surface area contributed by atoms with E-state index in [1.807, 2.05) is 0 Å². The standard InChI is InChI=1S/C20H21ClO4/c1-20(2,18(23)4-3-13-22)25-17-11-7-15(8-12-17)19(24)14-5-9-16(21)10-6-14/h5-12,22H,3-4,13H2,1-2H3. The molecular formula is C20H21ClO4. The van der Waals surface area contributed by atoms with Gasteiger partial charge in [0.25, 0.3) is 0 Å². The average molecular weight is 361 g/mol. The van der Waals surface area contributed by atoms with Crippen molar-refractivity contribution >= 4 is 23.2 Å². The molecule has 0 bridgehead atoms. The molecule has 2 aromatic rings. The Kier molecular flexibility index (Phi) is 6.34. The number of carbonyl (C=O) groups is 2. The number of ether oxygens (including phenoxy) is 1. The van der Waals surface area contributed by atoms with Gasteiger partial charge in [0.15, 0.2) is 17.2 Å². The molecule has 0 unspecified atom stereocenters. The summed E-state index contributed by atoms with van der Waals surface area (Å²) in [5.74, 6) is 0.319. The van der Waals surface area contributed by atoms with Crippen LogP contribution in [0.15, 0.2) is 48.5 Å². The smallest absolute Gasteiger partial charge is 0.193 e. The Balaban J connectivity index is 2.07. The summed E-state index contributed by atoms with van der Waals surface area (Å²) >= 11 is 5.83. The summed E-state index contributed by atoms with van der Waals surface area (Å²) in [5, 5.41) is 9.41. The Morgan fingerprint density at radius 3 is 2.04 bits per heavy atom. The topological polar surface area (TPSA) is 63.6 Å². The van der Waals surface area contributed by atoms with E-state index in [1.165, 1.54) is 0 Å². The average Bonchev–Trinajstić information content (AvgIpc) is 2.60. The molecule has 5 heteroatoms. The highest BCUT2D eigenvalue weighted by atomic mass is 35.5. The molecule has 25 heavy (non-hydrogen) atoms. The lowest BCUT2D eigenvalue weighted by Crippen LogP contribution is -2.38. The Labute approximate surface area is 152 Å². The van der Waals surface area contributed by atoms with Gasteiger partial charge < -0.3 is 9.84 Å². The molecule has 0 saturated heterocycles. The first kappa shape index (κ1) is 19.2. The number of hydrogen-bond donors (Lipinski definition) is 1. The SMILES string of the molecule is CC(C)(Oc1ccc(C(=O)c2ccc(Cl)cc2)cc1)C(=O)CCCO. The molecule has 0 heterocycles. The third-order valence-electron chi connectivity index (χ3n) is 3.83. The number of aliphatic hydroxyl groups excluding tert-OH is 1. The molecule has 0 aliphatic heterocycles. The van der Waals surface area contributed by atoms with Gasteiger partial charge in [0.05, 0.1) is 0 Å². The number of ketones is 2. The number of rotatable bonds is 8. The number of hydrogen-bond acceptors (Lipinski definition) is 4. The minimum absolute atomic E-state index is 0.0245. The van der Waals surface area contributed by atoms with E-state index in [2.05, 4.69) is 0 Å². The zero-order chi connectivity index (χ0) is 18.4. The molecule has 0 aromatic heterocycles. The zero-order valence-electron chi connectivity index (χ0n) is 14.3. The van der Waals surface area contributed by atoms with E-state index in [9.17, 15) is 9.59 Å². The van der Waals surface area contributed by atoms with Crippen LogP contribution < -0.4 is 4.74 Å². The Morgan fingerprint density at radius 1 is 1.00 bits per heavy atom. The maximum Gasteiger partial charge on any atom is 0.193 e. The van der Waals surface area contributed by atoms with Gasteiger partial charge in [-0.3, -0.25) is 9.59 Å². The maximum absolute atomic E-state index is 12.4. The van der Waals surface area contributed by atoms with E-state index in [4.69, 9.17) is 21.4 Å². The zero-order valence-corrected chi connectivity index (χ0v) is 15.0. The molecule has 0 saturated carbocycles. The second kappa shape index (κ2) is 8.28. The number of aliphatic hydroxyl groups is 1. The van der Waals surface area contributed by atoms with Crippen LogP contribution in [0.25, 0.3) is 0 Å². The van der Waals surface area contributed by atoms with Gasteiger partial charge in [-0.1, -0.05) is 11.6 Å². The summed E-state index contributed by atoms with van der Waals surface area (Å²) in [7, 11) is 0. The first-order chi connectivity index (χ1) is 11.8.